The Kier molecular flexibility index (Phi) is 8.89. The van der Waals surface area contributed by atoms with Crippen LogP contribution in [0.25, 0.3) is 0 Å². The number of ketones is 3. The predicted molar refractivity (Wildman–Crippen MR) is 130 cm³/mol. The Morgan fingerprint density at radius 1 is 1.17 bits per heavy atom. The van der Waals surface area contributed by atoms with Gasteiger partial charge in [0.15, 0.2) is 11.6 Å². The van der Waals surface area contributed by atoms with Gasteiger partial charge in [-0.3, -0.25) is 19.2 Å². The normalized spacial score (nSPS) is 31.9. The minimum atomic E-state index is -0.710. The van der Waals surface area contributed by atoms with Gasteiger partial charge in [0.05, 0.1) is 12.6 Å². The van der Waals surface area contributed by atoms with Crippen molar-refractivity contribution < 1.29 is 28.7 Å². The van der Waals surface area contributed by atoms with Gasteiger partial charge in [0.1, 0.15) is 0 Å². The van der Waals surface area contributed by atoms with E-state index >= 15 is 0 Å². The van der Waals surface area contributed by atoms with Gasteiger partial charge in [-0.2, -0.15) is 0 Å². The van der Waals surface area contributed by atoms with Crippen LogP contribution in [0, 0.1) is 29.1 Å². The zero-order valence-corrected chi connectivity index (χ0v) is 21.3. The van der Waals surface area contributed by atoms with E-state index < -0.39 is 29.6 Å². The highest BCUT2D eigenvalue weighted by Crippen LogP contribution is 2.65. The van der Waals surface area contributed by atoms with Crippen LogP contribution in [0.3, 0.4) is 0 Å². The standard InChI is InChI=1S/C27H40N2O6/c1-5-6-12-20(30)24(32)18-11-7-8-13-28-26(34)35-14-9-10-17(2)25(33)29-16-19-22(27(19,3)4)23(29)21(31)15-18/h5,17-19,22-23H,1,6-16H2,2-4H3,(H,28,34)/t17-,18+,19-,22-,23+/m0/s1. The van der Waals surface area contributed by atoms with Crippen molar-refractivity contribution in [1.82, 2.24) is 10.2 Å². The summed E-state index contributed by atoms with van der Waals surface area (Å²) in [6.45, 7) is 10.9. The summed E-state index contributed by atoms with van der Waals surface area (Å²) in [6.07, 6.45) is 4.26. The minimum absolute atomic E-state index is 0.0156. The number of nitrogens with zero attached hydrogens (tertiary/aromatic N) is 1. The monoisotopic (exact) mass is 488 g/mol. The van der Waals surface area contributed by atoms with Crippen LogP contribution in [-0.2, 0) is 23.9 Å². The number of Topliss-reactive ketones (excluding diaryl/α,β-unsaturated/α-hetero) is 3. The first-order chi connectivity index (χ1) is 16.6. The first-order valence-electron chi connectivity index (χ1n) is 13.0. The molecule has 0 aromatic heterocycles. The van der Waals surface area contributed by atoms with Gasteiger partial charge < -0.3 is 15.0 Å². The third kappa shape index (κ3) is 6.19. The number of nitrogens with one attached hydrogen (secondary N) is 1. The molecule has 2 aliphatic heterocycles. The van der Waals surface area contributed by atoms with E-state index in [4.69, 9.17) is 4.74 Å². The van der Waals surface area contributed by atoms with Gasteiger partial charge in [0, 0.05) is 37.8 Å². The van der Waals surface area contributed by atoms with Crippen molar-refractivity contribution in [2.75, 3.05) is 19.7 Å². The number of hydrogen-bond donors (Lipinski definition) is 1. The number of alkyl carbamates (subject to hydrolysis) is 1. The Balaban J connectivity index is 1.81. The van der Waals surface area contributed by atoms with Gasteiger partial charge in [-0.05, 0) is 49.4 Å². The fourth-order valence-corrected chi connectivity index (χ4v) is 5.87. The number of carbonyl (C=O) groups excluding carboxylic acids is 5. The van der Waals surface area contributed by atoms with Crippen molar-refractivity contribution in [1.29, 1.82) is 0 Å². The van der Waals surface area contributed by atoms with Crippen molar-refractivity contribution in [2.45, 2.75) is 78.2 Å². The van der Waals surface area contributed by atoms with E-state index in [2.05, 4.69) is 25.7 Å². The van der Waals surface area contributed by atoms with Crippen LogP contribution in [0.5, 0.6) is 0 Å². The number of carbonyl (C=O) groups is 5. The maximum Gasteiger partial charge on any atom is 0.407 e. The van der Waals surface area contributed by atoms with E-state index in [1.165, 1.54) is 0 Å². The van der Waals surface area contributed by atoms with Crippen LogP contribution in [0.4, 0.5) is 4.79 Å². The van der Waals surface area contributed by atoms with E-state index in [-0.39, 0.29) is 54.3 Å². The predicted octanol–water partition coefficient (Wildman–Crippen LogP) is 3.48. The average molecular weight is 489 g/mol. The lowest BCUT2D eigenvalue weighted by atomic mass is 9.85. The van der Waals surface area contributed by atoms with Crippen LogP contribution in [0.2, 0.25) is 0 Å². The Labute approximate surface area is 208 Å². The Bertz CT molecular complexity index is 866. The fraction of sp³-hybridized carbons (Fsp3) is 0.741. The quantitative estimate of drug-likeness (QED) is 0.469. The summed E-state index contributed by atoms with van der Waals surface area (Å²) in [7, 11) is 0. The lowest BCUT2D eigenvalue weighted by Gasteiger charge is -2.32. The molecule has 0 aromatic rings. The molecule has 3 rings (SSSR count). The molecule has 3 aliphatic rings. The summed E-state index contributed by atoms with van der Waals surface area (Å²) in [4.78, 5) is 66.1. The minimum Gasteiger partial charge on any atom is -0.450 e. The Morgan fingerprint density at radius 2 is 1.91 bits per heavy atom. The van der Waals surface area contributed by atoms with Crippen LogP contribution >= 0.6 is 0 Å². The lowest BCUT2D eigenvalue weighted by molar-refractivity contribution is -0.144. The second-order valence-corrected chi connectivity index (χ2v) is 11.0. The van der Waals surface area contributed by atoms with Gasteiger partial charge in [-0.25, -0.2) is 4.79 Å². The fourth-order valence-electron chi connectivity index (χ4n) is 5.87. The molecular formula is C27H40N2O6. The smallest absolute Gasteiger partial charge is 0.407 e. The third-order valence-electron chi connectivity index (χ3n) is 8.18. The molecule has 194 valence electrons. The molecule has 5 atom stereocenters. The molecule has 0 spiro atoms. The summed E-state index contributed by atoms with van der Waals surface area (Å²) in [6, 6.07) is -0.543. The van der Waals surface area contributed by atoms with Gasteiger partial charge >= 0.3 is 6.09 Å². The molecule has 0 bridgehead atoms. The van der Waals surface area contributed by atoms with E-state index in [1.54, 1.807) is 11.0 Å². The number of cyclic esters (lactones) is 1. The van der Waals surface area contributed by atoms with Crippen molar-refractivity contribution in [3.8, 4) is 0 Å². The van der Waals surface area contributed by atoms with Crippen LogP contribution in [-0.4, -0.2) is 60.0 Å². The molecule has 0 radical (unpaired) electrons. The number of hydrogen-bond acceptors (Lipinski definition) is 6. The second kappa shape index (κ2) is 11.5. The lowest BCUT2D eigenvalue weighted by Crippen LogP contribution is -2.48. The molecule has 0 aromatic carbocycles. The molecule has 1 saturated carbocycles. The highest BCUT2D eigenvalue weighted by molar-refractivity contribution is 6.38. The molecule has 1 aliphatic carbocycles. The molecule has 8 heteroatoms. The van der Waals surface area contributed by atoms with Crippen molar-refractivity contribution in [3.63, 3.8) is 0 Å². The molecule has 1 N–H and O–H groups in total. The van der Waals surface area contributed by atoms with E-state index in [9.17, 15) is 24.0 Å². The largest absolute Gasteiger partial charge is 0.450 e. The topological polar surface area (TPSA) is 110 Å². The zero-order valence-electron chi connectivity index (χ0n) is 21.3. The van der Waals surface area contributed by atoms with Gasteiger partial charge in [0.25, 0.3) is 0 Å². The average Bonchev–Trinajstić information content (AvgIpc) is 3.15. The summed E-state index contributed by atoms with van der Waals surface area (Å²) in [5.74, 6) is -1.82. The number of fused-ring (bicyclic) bond motifs is 3. The number of ether oxygens (including phenoxy) is 1. The van der Waals surface area contributed by atoms with Crippen molar-refractivity contribution in [3.05, 3.63) is 12.7 Å². The summed E-state index contributed by atoms with van der Waals surface area (Å²) >= 11 is 0. The molecule has 8 nitrogen and oxygen atoms in total. The Morgan fingerprint density at radius 3 is 2.63 bits per heavy atom. The molecule has 0 unspecified atom stereocenters. The number of allylic oxidation sites excluding steroid dienone is 1. The summed E-state index contributed by atoms with van der Waals surface area (Å²) < 4.78 is 5.20. The van der Waals surface area contributed by atoms with Gasteiger partial charge in [-0.15, -0.1) is 6.58 Å². The molecule has 2 heterocycles. The first kappa shape index (κ1) is 27.1. The number of piperidine rings is 1. The maximum absolute atomic E-state index is 13.7. The molecule has 3 fully saturated rings. The summed E-state index contributed by atoms with van der Waals surface area (Å²) in [5, 5.41) is 2.69. The van der Waals surface area contributed by atoms with E-state index in [1.807, 2.05) is 6.92 Å². The van der Waals surface area contributed by atoms with E-state index in [0.717, 1.165) is 0 Å². The highest BCUT2D eigenvalue weighted by Gasteiger charge is 2.69. The molecule has 35 heavy (non-hydrogen) atoms. The maximum atomic E-state index is 13.7. The molecular weight excluding hydrogens is 448 g/mol. The van der Waals surface area contributed by atoms with Gasteiger partial charge in [-0.1, -0.05) is 33.3 Å². The summed E-state index contributed by atoms with van der Waals surface area (Å²) in [5.41, 5.74) is -0.0156. The number of amides is 2. The van der Waals surface area contributed by atoms with Crippen molar-refractivity contribution in [2.24, 2.45) is 29.1 Å². The molecule has 2 saturated heterocycles. The van der Waals surface area contributed by atoms with E-state index in [0.29, 0.717) is 51.6 Å². The van der Waals surface area contributed by atoms with Crippen LogP contribution in [0.1, 0.15) is 72.1 Å². The first-order valence-corrected chi connectivity index (χ1v) is 13.0. The second-order valence-electron chi connectivity index (χ2n) is 11.0. The zero-order chi connectivity index (χ0) is 25.8. The third-order valence-corrected chi connectivity index (χ3v) is 8.18. The molecule has 2 amide bonds. The SMILES string of the molecule is C=CCCC(=O)C(=O)[C@@H]1CCCCNC(=O)OCCC[C@H](C)C(=O)N2C[C@H]3[C@@H]([C@H]2C(=O)C1)C3(C)C. The van der Waals surface area contributed by atoms with Crippen LogP contribution < -0.4 is 5.32 Å². The Hall–Kier alpha value is -2.51. The van der Waals surface area contributed by atoms with Gasteiger partial charge in [0.2, 0.25) is 11.7 Å². The highest BCUT2D eigenvalue weighted by atomic mass is 16.5. The van der Waals surface area contributed by atoms with Crippen LogP contribution in [0.15, 0.2) is 12.7 Å². The number of rotatable bonds is 5. The van der Waals surface area contributed by atoms with Crippen molar-refractivity contribution >= 4 is 29.4 Å².